The maximum atomic E-state index is 7.01. The van der Waals surface area contributed by atoms with Gasteiger partial charge in [0.2, 0.25) is 0 Å². The van der Waals surface area contributed by atoms with Crippen molar-refractivity contribution in [3.63, 3.8) is 0 Å². The molecule has 1 nitrogen and oxygen atoms in total. The summed E-state index contributed by atoms with van der Waals surface area (Å²) in [6, 6.07) is 18.7. The van der Waals surface area contributed by atoms with Crippen LogP contribution in [-0.4, -0.2) is 19.8 Å². The fraction of sp³-hybridized carbons (Fsp3) is 0.333. The highest BCUT2D eigenvalue weighted by atomic mass is 31.2. The first-order chi connectivity index (χ1) is 9.88. The fourth-order valence-electron chi connectivity index (χ4n) is 2.51. The summed E-state index contributed by atoms with van der Waals surface area (Å²) < 4.78 is 5.50. The Morgan fingerprint density at radius 2 is 1.52 bits per heavy atom. The molecule has 2 radical (unpaired) electrons. The number of ether oxygens (including phenoxy) is 1. The van der Waals surface area contributed by atoms with Crippen molar-refractivity contribution in [2.24, 2.45) is 0 Å². The van der Waals surface area contributed by atoms with Crippen LogP contribution in [0.15, 0.2) is 54.6 Å². The Labute approximate surface area is 130 Å². The quantitative estimate of drug-likeness (QED) is 0.599. The summed E-state index contributed by atoms with van der Waals surface area (Å²) >= 11 is 0. The van der Waals surface area contributed by atoms with Gasteiger partial charge in [-0.1, -0.05) is 36.4 Å². The first-order valence-corrected chi connectivity index (χ1v) is 9.27. The molecule has 2 aromatic rings. The maximum absolute atomic E-state index is 7.01. The van der Waals surface area contributed by atoms with Gasteiger partial charge in [-0.05, 0) is 39.0 Å². The first kappa shape index (κ1) is 16.1. The largest absolute Gasteiger partial charge is 0.496 e. The minimum absolute atomic E-state index is 0.0369. The molecule has 0 aliphatic rings. The van der Waals surface area contributed by atoms with E-state index in [-0.39, 0.29) is 5.16 Å². The van der Waals surface area contributed by atoms with Crippen molar-refractivity contribution in [3.05, 3.63) is 60.2 Å². The summed E-state index contributed by atoms with van der Waals surface area (Å²) in [4.78, 5) is 0. The van der Waals surface area contributed by atoms with Gasteiger partial charge in [-0.25, -0.2) is 0 Å². The second-order valence-corrected chi connectivity index (χ2v) is 10.3. The van der Waals surface area contributed by atoms with Crippen LogP contribution in [0.3, 0.4) is 0 Å². The van der Waals surface area contributed by atoms with Crippen molar-refractivity contribution in [2.75, 3.05) is 7.11 Å². The monoisotopic (exact) mass is 297 g/mol. The lowest BCUT2D eigenvalue weighted by Gasteiger charge is -2.36. The molecule has 1 atom stereocenters. The molecule has 0 aliphatic carbocycles. The second-order valence-electron chi connectivity index (χ2n) is 6.35. The summed E-state index contributed by atoms with van der Waals surface area (Å²) in [5, 5.41) is 1.30. The molecule has 0 spiro atoms. The molecule has 0 N–H and O–H groups in total. The lowest BCUT2D eigenvalue weighted by atomic mass is 10.2. The van der Waals surface area contributed by atoms with Gasteiger partial charge in [0.05, 0.1) is 23.7 Å². The molecular weight excluding hydrogens is 274 g/mol. The molecule has 0 saturated heterocycles. The zero-order chi connectivity index (χ0) is 15.5. The Hall–Kier alpha value is -1.27. The lowest BCUT2D eigenvalue weighted by Crippen LogP contribution is -2.30. The van der Waals surface area contributed by atoms with Crippen LogP contribution in [0.4, 0.5) is 0 Å². The molecule has 0 saturated carbocycles. The highest BCUT2D eigenvalue weighted by Gasteiger charge is 2.46. The topological polar surface area (TPSA) is 9.23 Å². The molecule has 0 aliphatic heterocycles. The zero-order valence-corrected chi connectivity index (χ0v) is 14.2. The van der Waals surface area contributed by atoms with E-state index in [1.165, 1.54) is 10.9 Å². The van der Waals surface area contributed by atoms with Crippen molar-refractivity contribution in [2.45, 2.75) is 32.1 Å². The number of para-hydroxylation sites is 1. The summed E-state index contributed by atoms with van der Waals surface area (Å²) in [7, 11) is 6.88. The van der Waals surface area contributed by atoms with Crippen molar-refractivity contribution in [1.29, 1.82) is 0 Å². The first-order valence-electron chi connectivity index (χ1n) is 7.23. The van der Waals surface area contributed by atoms with Gasteiger partial charge >= 0.3 is 7.57 Å². The Morgan fingerprint density at radius 3 is 2.10 bits per heavy atom. The molecule has 0 heterocycles. The molecule has 21 heavy (non-hydrogen) atoms. The molecule has 1 unspecified atom stereocenters. The van der Waals surface area contributed by atoms with E-state index in [2.05, 4.69) is 57.2 Å². The lowest BCUT2D eigenvalue weighted by molar-refractivity contribution is 0.411. The van der Waals surface area contributed by atoms with Gasteiger partial charge in [-0.15, -0.1) is 0 Å². The minimum Gasteiger partial charge on any atom is -0.496 e. The highest BCUT2D eigenvalue weighted by Crippen LogP contribution is 2.66. The predicted molar refractivity (Wildman–Crippen MR) is 95.2 cm³/mol. The van der Waals surface area contributed by atoms with Crippen LogP contribution in [0.25, 0.3) is 0 Å². The van der Waals surface area contributed by atoms with Crippen LogP contribution in [0.1, 0.15) is 26.3 Å². The van der Waals surface area contributed by atoms with Gasteiger partial charge in [0.25, 0.3) is 0 Å². The van der Waals surface area contributed by atoms with Gasteiger partial charge in [0.1, 0.15) is 5.75 Å². The number of methoxy groups -OCH3 is 1. The smallest absolute Gasteiger partial charge is 0.372 e. The molecule has 2 rings (SSSR count). The van der Waals surface area contributed by atoms with Crippen LogP contribution in [0, 0.1) is 0 Å². The van der Waals surface area contributed by atoms with Gasteiger partial charge in [0, 0.05) is 12.7 Å². The molecular formula is C18H23BOP+. The van der Waals surface area contributed by atoms with E-state index in [4.69, 9.17) is 12.3 Å². The molecule has 0 amide bonds. The van der Waals surface area contributed by atoms with Gasteiger partial charge < -0.3 is 4.74 Å². The molecule has 0 fully saturated rings. The number of hydrogen-bond donors (Lipinski definition) is 0. The molecule has 0 aromatic heterocycles. The predicted octanol–water partition coefficient (Wildman–Crippen LogP) is 4.42. The fourth-order valence-corrected chi connectivity index (χ4v) is 5.45. The average molecular weight is 297 g/mol. The maximum Gasteiger partial charge on any atom is 0.372 e. The van der Waals surface area contributed by atoms with E-state index in [1.807, 2.05) is 18.2 Å². The number of benzene rings is 2. The van der Waals surface area contributed by atoms with E-state index in [1.54, 1.807) is 7.11 Å². The van der Waals surface area contributed by atoms with Crippen LogP contribution in [0.5, 0.6) is 5.75 Å². The third-order valence-electron chi connectivity index (χ3n) is 4.03. The standard InChI is InChI=1S/C18H23BOP/c1-18(2,3)21(19,16-11-6-5-7-12-16)14-15-10-8-9-13-17(15)20-4/h5-13H,14H2,1-4H3/q+1. The van der Waals surface area contributed by atoms with Crippen LogP contribution in [-0.2, 0) is 6.16 Å². The van der Waals surface area contributed by atoms with Gasteiger partial charge in [-0.3, -0.25) is 0 Å². The van der Waals surface area contributed by atoms with Crippen LogP contribution < -0.4 is 10.0 Å². The van der Waals surface area contributed by atoms with E-state index >= 15 is 0 Å². The molecule has 0 bridgehead atoms. The van der Waals surface area contributed by atoms with E-state index < -0.39 is 7.14 Å². The summed E-state index contributed by atoms with van der Waals surface area (Å²) in [5.74, 6) is 0.924. The minimum atomic E-state index is -1.85. The average Bonchev–Trinajstić information content (AvgIpc) is 2.47. The molecule has 3 heteroatoms. The SMILES string of the molecule is [B][P+](Cc1ccccc1OC)(c1ccccc1)C(C)(C)C. The summed E-state index contributed by atoms with van der Waals surface area (Å²) in [6.07, 6.45) is 0.852. The van der Waals surface area contributed by atoms with Crippen molar-refractivity contribution in [1.82, 2.24) is 0 Å². The van der Waals surface area contributed by atoms with Gasteiger partial charge in [-0.2, -0.15) is 0 Å². The third kappa shape index (κ3) is 3.32. The van der Waals surface area contributed by atoms with Crippen LogP contribution >= 0.6 is 7.14 Å². The van der Waals surface area contributed by atoms with Crippen LogP contribution in [0.2, 0.25) is 0 Å². The van der Waals surface area contributed by atoms with Crippen molar-refractivity contribution >= 4 is 20.0 Å². The normalized spacial score (nSPS) is 14.5. The second kappa shape index (κ2) is 6.24. The van der Waals surface area contributed by atoms with E-state index in [9.17, 15) is 0 Å². The zero-order valence-electron chi connectivity index (χ0n) is 13.3. The van der Waals surface area contributed by atoms with Crippen molar-refractivity contribution in [3.8, 4) is 5.75 Å². The molecule has 108 valence electrons. The summed E-state index contributed by atoms with van der Waals surface area (Å²) in [6.45, 7) is 6.72. The van der Waals surface area contributed by atoms with E-state index in [0.717, 1.165) is 11.9 Å². The highest BCUT2D eigenvalue weighted by molar-refractivity contribution is 8.03. The molecule has 2 aromatic carbocycles. The summed E-state index contributed by atoms with van der Waals surface area (Å²) in [5.41, 5.74) is 1.19. The number of hydrogen-bond acceptors (Lipinski definition) is 1. The van der Waals surface area contributed by atoms with Gasteiger partial charge in [0.15, 0.2) is 0 Å². The Bertz CT molecular complexity index is 592. The Balaban J connectivity index is 2.48. The third-order valence-corrected chi connectivity index (χ3v) is 8.48. The number of rotatable bonds is 4. The van der Waals surface area contributed by atoms with Crippen molar-refractivity contribution < 1.29 is 4.74 Å². The van der Waals surface area contributed by atoms with E-state index in [0.29, 0.717) is 0 Å². The Kier molecular flexibility index (Phi) is 4.79. The Morgan fingerprint density at radius 1 is 0.952 bits per heavy atom.